The number of phenolic OH excluding ortho intramolecular Hbond substituents is 1. The molecule has 2 aromatic rings. The van der Waals surface area contributed by atoms with Crippen LogP contribution in [-0.4, -0.2) is 42.1 Å². The van der Waals surface area contributed by atoms with E-state index in [0.717, 1.165) is 24.3 Å². The second kappa shape index (κ2) is 7.01. The Labute approximate surface area is 136 Å². The highest BCUT2D eigenvalue weighted by Gasteiger charge is 2.19. The zero-order valence-corrected chi connectivity index (χ0v) is 12.9. The molecule has 4 heteroatoms. The average Bonchev–Trinajstić information content (AvgIpc) is 2.61. The third-order valence-corrected chi connectivity index (χ3v) is 4.02. The second-order valence-corrected chi connectivity index (χ2v) is 5.57. The van der Waals surface area contributed by atoms with Gasteiger partial charge in [-0.05, 0) is 35.9 Å². The number of carbonyl (C=O) groups excluding carboxylic acids is 1. The number of amides is 1. The van der Waals surface area contributed by atoms with E-state index in [2.05, 4.69) is 4.90 Å². The van der Waals surface area contributed by atoms with Crippen LogP contribution in [0.3, 0.4) is 0 Å². The van der Waals surface area contributed by atoms with Gasteiger partial charge in [-0.25, -0.2) is 0 Å². The van der Waals surface area contributed by atoms with Crippen molar-refractivity contribution in [3.8, 4) is 5.75 Å². The van der Waals surface area contributed by atoms with Gasteiger partial charge in [-0.1, -0.05) is 30.3 Å². The highest BCUT2D eigenvalue weighted by atomic mass is 16.3. The van der Waals surface area contributed by atoms with Crippen molar-refractivity contribution in [2.45, 2.75) is 0 Å². The van der Waals surface area contributed by atoms with Gasteiger partial charge in [0, 0.05) is 37.9 Å². The van der Waals surface area contributed by atoms with Crippen molar-refractivity contribution >= 4 is 17.7 Å². The summed E-state index contributed by atoms with van der Waals surface area (Å²) in [5, 5.41) is 9.34. The lowest BCUT2D eigenvalue weighted by Crippen LogP contribution is -2.48. The number of benzene rings is 2. The molecule has 0 bridgehead atoms. The average molecular weight is 308 g/mol. The Hall–Kier alpha value is -2.75. The zero-order valence-electron chi connectivity index (χ0n) is 12.9. The number of hydrogen-bond acceptors (Lipinski definition) is 3. The minimum atomic E-state index is 0.0548. The molecule has 0 aromatic heterocycles. The molecule has 23 heavy (non-hydrogen) atoms. The number of phenols is 1. The second-order valence-electron chi connectivity index (χ2n) is 5.57. The van der Waals surface area contributed by atoms with Crippen molar-refractivity contribution in [3.63, 3.8) is 0 Å². The highest BCUT2D eigenvalue weighted by molar-refractivity contribution is 5.91. The monoisotopic (exact) mass is 308 g/mol. The summed E-state index contributed by atoms with van der Waals surface area (Å²) in [5.74, 6) is 0.327. The third-order valence-electron chi connectivity index (χ3n) is 4.02. The molecule has 3 rings (SSSR count). The normalized spacial score (nSPS) is 15.1. The predicted octanol–water partition coefficient (Wildman–Crippen LogP) is 2.75. The van der Waals surface area contributed by atoms with Crippen LogP contribution in [-0.2, 0) is 4.79 Å². The van der Waals surface area contributed by atoms with Crippen molar-refractivity contribution in [3.05, 3.63) is 66.2 Å². The summed E-state index contributed by atoms with van der Waals surface area (Å²) in [4.78, 5) is 16.3. The Morgan fingerprint density at radius 1 is 0.913 bits per heavy atom. The van der Waals surface area contributed by atoms with Crippen LogP contribution < -0.4 is 4.90 Å². The molecular formula is C19H20N2O2. The first-order chi connectivity index (χ1) is 11.2. The van der Waals surface area contributed by atoms with Crippen molar-refractivity contribution in [1.82, 2.24) is 4.90 Å². The SMILES string of the molecule is O=C(/C=C/c1ccccc1)N1CCN(c2ccc(O)cc2)CC1. The molecule has 0 radical (unpaired) electrons. The molecule has 0 unspecified atom stereocenters. The molecule has 0 aliphatic carbocycles. The summed E-state index contributed by atoms with van der Waals surface area (Å²) in [7, 11) is 0. The van der Waals surface area contributed by atoms with E-state index in [4.69, 9.17) is 0 Å². The largest absolute Gasteiger partial charge is 0.508 e. The molecule has 0 spiro atoms. The Balaban J connectivity index is 1.55. The number of carbonyl (C=O) groups is 1. The van der Waals surface area contributed by atoms with E-state index in [9.17, 15) is 9.90 Å². The first-order valence-electron chi connectivity index (χ1n) is 7.78. The number of aromatic hydroxyl groups is 1. The van der Waals surface area contributed by atoms with Gasteiger partial charge in [0.15, 0.2) is 0 Å². The first-order valence-corrected chi connectivity index (χ1v) is 7.78. The maximum atomic E-state index is 12.2. The highest BCUT2D eigenvalue weighted by Crippen LogP contribution is 2.19. The molecule has 2 aromatic carbocycles. The van der Waals surface area contributed by atoms with Crippen LogP contribution in [0.15, 0.2) is 60.7 Å². The molecule has 0 atom stereocenters. The van der Waals surface area contributed by atoms with Crippen molar-refractivity contribution in [1.29, 1.82) is 0 Å². The van der Waals surface area contributed by atoms with Gasteiger partial charge in [-0.15, -0.1) is 0 Å². The van der Waals surface area contributed by atoms with Crippen LogP contribution in [0.25, 0.3) is 6.08 Å². The maximum absolute atomic E-state index is 12.2. The molecule has 0 saturated carbocycles. The van der Waals surface area contributed by atoms with E-state index in [0.29, 0.717) is 13.1 Å². The van der Waals surface area contributed by atoms with Gasteiger partial charge >= 0.3 is 0 Å². The fourth-order valence-electron chi connectivity index (χ4n) is 2.69. The molecular weight excluding hydrogens is 288 g/mol. The van der Waals surface area contributed by atoms with E-state index >= 15 is 0 Å². The Morgan fingerprint density at radius 2 is 1.57 bits per heavy atom. The van der Waals surface area contributed by atoms with Gasteiger partial charge in [-0.2, -0.15) is 0 Å². The maximum Gasteiger partial charge on any atom is 0.246 e. The summed E-state index contributed by atoms with van der Waals surface area (Å²) < 4.78 is 0. The molecule has 1 fully saturated rings. The smallest absolute Gasteiger partial charge is 0.246 e. The lowest BCUT2D eigenvalue weighted by Gasteiger charge is -2.35. The van der Waals surface area contributed by atoms with Gasteiger partial charge in [0.25, 0.3) is 0 Å². The molecule has 1 saturated heterocycles. The summed E-state index contributed by atoms with van der Waals surface area (Å²) in [6.07, 6.45) is 3.50. The number of piperazine rings is 1. The molecule has 1 heterocycles. The van der Waals surface area contributed by atoms with Gasteiger partial charge in [0.2, 0.25) is 5.91 Å². The molecule has 118 valence electrons. The lowest BCUT2D eigenvalue weighted by molar-refractivity contribution is -0.126. The van der Waals surface area contributed by atoms with Crippen LogP contribution >= 0.6 is 0 Å². The van der Waals surface area contributed by atoms with Gasteiger partial charge in [0.05, 0.1) is 0 Å². The fraction of sp³-hybridized carbons (Fsp3) is 0.211. The first kappa shape index (κ1) is 15.2. The molecule has 1 N–H and O–H groups in total. The van der Waals surface area contributed by atoms with Gasteiger partial charge in [0.1, 0.15) is 5.75 Å². The van der Waals surface area contributed by atoms with E-state index in [-0.39, 0.29) is 11.7 Å². The quantitative estimate of drug-likeness (QED) is 0.887. The minimum Gasteiger partial charge on any atom is -0.508 e. The minimum absolute atomic E-state index is 0.0548. The van der Waals surface area contributed by atoms with Crippen LogP contribution in [0.1, 0.15) is 5.56 Å². The Bertz CT molecular complexity index is 672. The summed E-state index contributed by atoms with van der Waals surface area (Å²) >= 11 is 0. The lowest BCUT2D eigenvalue weighted by atomic mass is 10.2. The number of rotatable bonds is 3. The molecule has 1 aliphatic rings. The van der Waals surface area contributed by atoms with E-state index in [1.54, 1.807) is 18.2 Å². The van der Waals surface area contributed by atoms with E-state index < -0.39 is 0 Å². The van der Waals surface area contributed by atoms with Crippen molar-refractivity contribution in [2.75, 3.05) is 31.1 Å². The standard InChI is InChI=1S/C19H20N2O2/c22-18-9-7-17(8-10-18)20-12-14-21(15-13-20)19(23)11-6-16-4-2-1-3-5-16/h1-11,22H,12-15H2/b11-6+. The zero-order chi connectivity index (χ0) is 16.1. The molecule has 1 aliphatic heterocycles. The summed E-state index contributed by atoms with van der Waals surface area (Å²) in [6, 6.07) is 17.0. The number of nitrogens with zero attached hydrogens (tertiary/aromatic N) is 2. The topological polar surface area (TPSA) is 43.8 Å². The predicted molar refractivity (Wildman–Crippen MR) is 92.4 cm³/mol. The third kappa shape index (κ3) is 3.92. The van der Waals surface area contributed by atoms with Crippen LogP contribution in [0, 0.1) is 0 Å². The van der Waals surface area contributed by atoms with Gasteiger partial charge < -0.3 is 14.9 Å². The van der Waals surface area contributed by atoms with Crippen LogP contribution in [0.4, 0.5) is 5.69 Å². The summed E-state index contributed by atoms with van der Waals surface area (Å²) in [5.41, 5.74) is 2.11. The fourth-order valence-corrected chi connectivity index (χ4v) is 2.69. The van der Waals surface area contributed by atoms with Crippen LogP contribution in [0.5, 0.6) is 5.75 Å². The van der Waals surface area contributed by atoms with Crippen molar-refractivity contribution < 1.29 is 9.90 Å². The Kier molecular flexibility index (Phi) is 4.62. The molecule has 1 amide bonds. The number of hydrogen-bond donors (Lipinski definition) is 1. The number of anilines is 1. The van der Waals surface area contributed by atoms with E-state index in [1.807, 2.05) is 53.4 Å². The Morgan fingerprint density at radius 3 is 2.22 bits per heavy atom. The van der Waals surface area contributed by atoms with Crippen LogP contribution in [0.2, 0.25) is 0 Å². The van der Waals surface area contributed by atoms with E-state index in [1.165, 1.54) is 0 Å². The molecule has 4 nitrogen and oxygen atoms in total. The van der Waals surface area contributed by atoms with Gasteiger partial charge in [-0.3, -0.25) is 4.79 Å². The summed E-state index contributed by atoms with van der Waals surface area (Å²) in [6.45, 7) is 3.02. The van der Waals surface area contributed by atoms with Crippen molar-refractivity contribution in [2.24, 2.45) is 0 Å².